The number of carboxylic acids is 1. The van der Waals surface area contributed by atoms with Crippen LogP contribution in [0.3, 0.4) is 0 Å². The molecule has 2 N–H and O–H groups in total. The average Bonchev–Trinajstić information content (AvgIpc) is 2.13. The third-order valence-corrected chi connectivity index (χ3v) is 1.69. The van der Waals surface area contributed by atoms with Crippen molar-refractivity contribution in [2.45, 2.75) is 26.4 Å². The van der Waals surface area contributed by atoms with E-state index in [4.69, 9.17) is 5.11 Å². The minimum absolute atomic E-state index is 0.0416. The van der Waals surface area contributed by atoms with Gasteiger partial charge >= 0.3 is 5.97 Å². The van der Waals surface area contributed by atoms with Gasteiger partial charge in [0.25, 0.3) is 0 Å². The summed E-state index contributed by atoms with van der Waals surface area (Å²) in [5, 5.41) is 18.2. The predicted octanol–water partition coefficient (Wildman–Crippen LogP) is 1.21. The number of aryl methyl sites for hydroxylation is 1. The van der Waals surface area contributed by atoms with Crippen molar-refractivity contribution in [2.24, 2.45) is 0 Å². The van der Waals surface area contributed by atoms with E-state index >= 15 is 0 Å². The Morgan fingerprint density at radius 1 is 1.44 bits per heavy atom. The van der Waals surface area contributed by atoms with E-state index in [1.807, 2.05) is 0 Å². The molecule has 4 heteroatoms. The van der Waals surface area contributed by atoms with Crippen molar-refractivity contribution >= 4 is 5.97 Å². The first kappa shape index (κ1) is 12.2. The summed E-state index contributed by atoms with van der Waals surface area (Å²) >= 11 is 0. The highest BCUT2D eigenvalue weighted by Crippen LogP contribution is 2.06. The first-order valence-corrected chi connectivity index (χ1v) is 4.75. The molecule has 0 saturated carbocycles. The highest BCUT2D eigenvalue weighted by Gasteiger charge is 2.08. The van der Waals surface area contributed by atoms with Crippen LogP contribution in [0.1, 0.15) is 35.6 Å². The Morgan fingerprint density at radius 2 is 2.06 bits per heavy atom. The van der Waals surface area contributed by atoms with Crippen molar-refractivity contribution in [3.63, 3.8) is 0 Å². The lowest BCUT2D eigenvalue weighted by Crippen LogP contribution is -2.14. The maximum absolute atomic E-state index is 10.7. The smallest absolute Gasteiger partial charge is 0.354 e. The molecule has 0 fully saturated rings. The summed E-state index contributed by atoms with van der Waals surface area (Å²) in [4.78, 5) is 14.6. The van der Waals surface area contributed by atoms with Gasteiger partial charge in [-0.3, -0.25) is 0 Å². The number of hydrogen-bond donors (Lipinski definition) is 2. The van der Waals surface area contributed by atoms with Gasteiger partial charge in [0.05, 0.1) is 0 Å². The summed E-state index contributed by atoms with van der Waals surface area (Å²) in [7, 11) is 0. The second-order valence-corrected chi connectivity index (χ2v) is 4.00. The molecular weight excluding hydrogens is 206 g/mol. The highest BCUT2D eigenvalue weighted by molar-refractivity contribution is 5.85. The van der Waals surface area contributed by atoms with E-state index in [-0.39, 0.29) is 5.69 Å². The number of carboxylic acid groups (broad SMARTS) is 1. The monoisotopic (exact) mass is 219 g/mol. The molecule has 0 aliphatic heterocycles. The Labute approximate surface area is 94.0 Å². The Hall–Kier alpha value is -1.86. The summed E-state index contributed by atoms with van der Waals surface area (Å²) < 4.78 is 0. The number of nitrogens with zero attached hydrogens (tertiary/aromatic N) is 1. The van der Waals surface area contributed by atoms with Crippen LogP contribution in [0.25, 0.3) is 0 Å². The zero-order chi connectivity index (χ0) is 12.3. The molecule has 4 nitrogen and oxygen atoms in total. The molecule has 0 aliphatic rings. The molecule has 0 saturated heterocycles. The van der Waals surface area contributed by atoms with Crippen LogP contribution < -0.4 is 0 Å². The van der Waals surface area contributed by atoms with Gasteiger partial charge in [-0.2, -0.15) is 0 Å². The fourth-order valence-corrected chi connectivity index (χ4v) is 1.08. The normalized spacial score (nSPS) is 10.5. The van der Waals surface area contributed by atoms with E-state index in [0.29, 0.717) is 11.3 Å². The molecular formula is C12H13NO3. The molecule has 0 spiro atoms. The lowest BCUT2D eigenvalue weighted by Gasteiger charge is -2.06. The zero-order valence-corrected chi connectivity index (χ0v) is 9.40. The van der Waals surface area contributed by atoms with Gasteiger partial charge in [-0.1, -0.05) is 11.8 Å². The third kappa shape index (κ3) is 3.71. The van der Waals surface area contributed by atoms with Crippen LogP contribution in [0.4, 0.5) is 0 Å². The standard InChI is InChI=1S/C12H13NO3/c1-8-6-9(4-5-12(2,3)16)7-10(13-8)11(14)15/h6-7,16H,1-3H3,(H,14,15). The number of aromatic carboxylic acids is 1. The van der Waals surface area contributed by atoms with Gasteiger partial charge in [-0.05, 0) is 32.9 Å². The minimum Gasteiger partial charge on any atom is -0.477 e. The summed E-state index contributed by atoms with van der Waals surface area (Å²) in [5.41, 5.74) is -0.0207. The SMILES string of the molecule is Cc1cc(C#CC(C)(C)O)cc(C(=O)O)n1. The number of pyridine rings is 1. The quantitative estimate of drug-likeness (QED) is 0.696. The third-order valence-electron chi connectivity index (χ3n) is 1.69. The average molecular weight is 219 g/mol. The Bertz CT molecular complexity index is 475. The lowest BCUT2D eigenvalue weighted by molar-refractivity contribution is 0.0690. The van der Waals surface area contributed by atoms with E-state index in [1.165, 1.54) is 6.07 Å². The molecule has 0 amide bonds. The molecule has 84 valence electrons. The lowest BCUT2D eigenvalue weighted by atomic mass is 10.1. The number of aliphatic hydroxyl groups is 1. The molecule has 0 aromatic carbocycles. The van der Waals surface area contributed by atoms with Gasteiger partial charge in [-0.15, -0.1) is 0 Å². The number of aromatic nitrogens is 1. The van der Waals surface area contributed by atoms with Crippen molar-refractivity contribution in [2.75, 3.05) is 0 Å². The van der Waals surface area contributed by atoms with E-state index in [9.17, 15) is 9.90 Å². The van der Waals surface area contributed by atoms with Gasteiger partial charge in [0.2, 0.25) is 0 Å². The number of hydrogen-bond acceptors (Lipinski definition) is 3. The van der Waals surface area contributed by atoms with E-state index in [0.717, 1.165) is 0 Å². The molecule has 16 heavy (non-hydrogen) atoms. The van der Waals surface area contributed by atoms with Crippen LogP contribution in [-0.2, 0) is 0 Å². The molecule has 1 rings (SSSR count). The maximum Gasteiger partial charge on any atom is 0.354 e. The minimum atomic E-state index is -1.10. The molecule has 0 bridgehead atoms. The molecule has 0 atom stereocenters. The topological polar surface area (TPSA) is 70.4 Å². The van der Waals surface area contributed by atoms with Crippen LogP contribution in [-0.4, -0.2) is 26.8 Å². The van der Waals surface area contributed by atoms with Crippen LogP contribution in [0.15, 0.2) is 12.1 Å². The van der Waals surface area contributed by atoms with E-state index < -0.39 is 11.6 Å². The van der Waals surface area contributed by atoms with Crippen molar-refractivity contribution in [3.8, 4) is 11.8 Å². The summed E-state index contributed by atoms with van der Waals surface area (Å²) in [5.74, 6) is 4.25. The van der Waals surface area contributed by atoms with Crippen molar-refractivity contribution < 1.29 is 15.0 Å². The summed E-state index contributed by atoms with van der Waals surface area (Å²) in [6, 6.07) is 3.05. The van der Waals surface area contributed by atoms with Gasteiger partial charge in [0.1, 0.15) is 11.3 Å². The summed E-state index contributed by atoms with van der Waals surface area (Å²) in [6.07, 6.45) is 0. The molecule has 0 radical (unpaired) electrons. The van der Waals surface area contributed by atoms with Gasteiger partial charge < -0.3 is 10.2 Å². The molecule has 0 aliphatic carbocycles. The number of carbonyl (C=O) groups is 1. The van der Waals surface area contributed by atoms with E-state index in [1.54, 1.807) is 26.8 Å². The number of rotatable bonds is 1. The predicted molar refractivity (Wildman–Crippen MR) is 59.1 cm³/mol. The Balaban J connectivity index is 3.14. The largest absolute Gasteiger partial charge is 0.477 e. The van der Waals surface area contributed by atoms with Crippen LogP contribution >= 0.6 is 0 Å². The van der Waals surface area contributed by atoms with Crippen LogP contribution in [0.2, 0.25) is 0 Å². The molecule has 1 heterocycles. The maximum atomic E-state index is 10.7. The molecule has 1 aromatic rings. The van der Waals surface area contributed by atoms with Crippen molar-refractivity contribution in [3.05, 3.63) is 29.1 Å². The Morgan fingerprint density at radius 3 is 2.56 bits per heavy atom. The highest BCUT2D eigenvalue weighted by atomic mass is 16.4. The second kappa shape index (κ2) is 4.33. The second-order valence-electron chi connectivity index (χ2n) is 4.00. The van der Waals surface area contributed by atoms with Crippen LogP contribution in [0.5, 0.6) is 0 Å². The molecule has 1 aromatic heterocycles. The van der Waals surface area contributed by atoms with Crippen LogP contribution in [0, 0.1) is 18.8 Å². The van der Waals surface area contributed by atoms with E-state index in [2.05, 4.69) is 16.8 Å². The van der Waals surface area contributed by atoms with Gasteiger partial charge in [-0.25, -0.2) is 9.78 Å². The molecule has 0 unspecified atom stereocenters. The zero-order valence-electron chi connectivity index (χ0n) is 9.40. The summed E-state index contributed by atoms with van der Waals surface area (Å²) in [6.45, 7) is 4.82. The van der Waals surface area contributed by atoms with Crippen molar-refractivity contribution in [1.29, 1.82) is 0 Å². The van der Waals surface area contributed by atoms with Gasteiger partial charge in [0.15, 0.2) is 0 Å². The first-order valence-electron chi connectivity index (χ1n) is 4.75. The fourth-order valence-electron chi connectivity index (χ4n) is 1.08. The first-order chi connectivity index (χ1) is 7.28. The van der Waals surface area contributed by atoms with Gasteiger partial charge in [0, 0.05) is 11.3 Å². The fraction of sp³-hybridized carbons (Fsp3) is 0.333. The van der Waals surface area contributed by atoms with Crippen molar-refractivity contribution in [1.82, 2.24) is 4.98 Å². The Kier molecular flexibility index (Phi) is 3.31.